The van der Waals surface area contributed by atoms with Gasteiger partial charge in [0.25, 0.3) is 0 Å². The molecule has 0 saturated heterocycles. The highest BCUT2D eigenvalue weighted by molar-refractivity contribution is 5.93. The van der Waals surface area contributed by atoms with Crippen molar-refractivity contribution in [2.24, 2.45) is 10.7 Å². The molecule has 8 nitrogen and oxygen atoms in total. The Morgan fingerprint density at radius 2 is 1.82 bits per heavy atom. The molecule has 0 unspecified atom stereocenters. The van der Waals surface area contributed by atoms with Gasteiger partial charge in [-0.3, -0.25) is 0 Å². The number of primary amides is 1. The molecule has 1 heterocycles. The van der Waals surface area contributed by atoms with Gasteiger partial charge in [-0.15, -0.1) is 4.99 Å². The van der Waals surface area contributed by atoms with Gasteiger partial charge in [-0.2, -0.15) is 9.78 Å². The van der Waals surface area contributed by atoms with E-state index in [1.54, 1.807) is 26.8 Å². The molecule has 0 aromatic carbocycles. The van der Waals surface area contributed by atoms with Gasteiger partial charge < -0.3 is 15.2 Å². The van der Waals surface area contributed by atoms with Crippen LogP contribution in [-0.4, -0.2) is 33.6 Å². The third kappa shape index (κ3) is 5.55. The second-order valence-corrected chi connectivity index (χ2v) is 6.69. The normalized spacial score (nSPS) is 12.9. The Kier molecular flexibility index (Phi) is 4.95. The molecule has 8 heteroatoms. The fraction of sp³-hybridized carbons (Fsp3) is 0.571. The summed E-state index contributed by atoms with van der Waals surface area (Å²) in [4.78, 5) is 26.3. The lowest BCUT2D eigenvalue weighted by atomic mass is 9.93. The lowest BCUT2D eigenvalue weighted by Gasteiger charge is -2.17. The summed E-state index contributed by atoms with van der Waals surface area (Å²) in [6, 6.07) is 1.37. The molecule has 1 rings (SSSR count). The average Bonchev–Trinajstić information content (AvgIpc) is 2.72. The Hall–Kier alpha value is -2.38. The van der Waals surface area contributed by atoms with Crippen LogP contribution < -0.4 is 5.73 Å². The minimum absolute atomic E-state index is 0.213. The van der Waals surface area contributed by atoms with Crippen molar-refractivity contribution < 1.29 is 19.1 Å². The number of hydrogen-bond donors (Lipinski definition) is 1. The maximum Gasteiger partial charge on any atom is 0.438 e. The highest BCUT2D eigenvalue weighted by atomic mass is 16.6. The van der Waals surface area contributed by atoms with E-state index in [1.165, 1.54) is 6.20 Å². The number of aliphatic imine (C=N–C) groups is 1. The van der Waals surface area contributed by atoms with Crippen LogP contribution in [0.15, 0.2) is 17.3 Å². The third-order valence-corrected chi connectivity index (χ3v) is 2.33. The summed E-state index contributed by atoms with van der Waals surface area (Å²) in [7, 11) is 0. The third-order valence-electron chi connectivity index (χ3n) is 2.33. The summed E-state index contributed by atoms with van der Waals surface area (Å²) < 4.78 is 10.9. The van der Waals surface area contributed by atoms with Gasteiger partial charge in [0, 0.05) is 11.6 Å². The van der Waals surface area contributed by atoms with Gasteiger partial charge in [0.2, 0.25) is 0 Å². The monoisotopic (exact) mass is 310 g/mol. The molecule has 0 aliphatic rings. The lowest BCUT2D eigenvalue weighted by molar-refractivity contribution is 0.0600. The van der Waals surface area contributed by atoms with Crippen LogP contribution in [0.2, 0.25) is 0 Å². The van der Waals surface area contributed by atoms with Crippen molar-refractivity contribution in [1.29, 1.82) is 0 Å². The number of nitrogens with zero attached hydrogens (tertiary/aromatic N) is 3. The topological polar surface area (TPSA) is 109 Å². The molecule has 22 heavy (non-hydrogen) atoms. The number of carbonyl (C=O) groups is 2. The van der Waals surface area contributed by atoms with Gasteiger partial charge in [-0.25, -0.2) is 9.59 Å². The number of hydrogen-bond acceptors (Lipinski definition) is 5. The summed E-state index contributed by atoms with van der Waals surface area (Å²) in [5.41, 5.74) is 4.79. The molecule has 1 aromatic heterocycles. The summed E-state index contributed by atoms with van der Waals surface area (Å²) in [5, 5.41) is 4.23. The van der Waals surface area contributed by atoms with Crippen LogP contribution in [0, 0.1) is 0 Å². The Labute approximate surface area is 129 Å². The van der Waals surface area contributed by atoms with Crippen molar-refractivity contribution in [3.05, 3.63) is 18.0 Å². The van der Waals surface area contributed by atoms with Crippen molar-refractivity contribution in [3.8, 4) is 0 Å². The number of carbonyl (C=O) groups excluding carboxylic acids is 2. The second kappa shape index (κ2) is 6.17. The SMILES string of the molecule is CC(C)(C)OC(=O)/N=C(\OC(N)=O)n1ccc(C(C)(C)C)n1. The zero-order valence-electron chi connectivity index (χ0n) is 13.7. The van der Waals surface area contributed by atoms with E-state index in [1.807, 2.05) is 20.8 Å². The van der Waals surface area contributed by atoms with Crippen LogP contribution in [0.25, 0.3) is 0 Å². The first-order chi connectivity index (χ1) is 9.88. The van der Waals surface area contributed by atoms with E-state index >= 15 is 0 Å². The summed E-state index contributed by atoms with van der Waals surface area (Å²) >= 11 is 0. The molecule has 0 spiro atoms. The number of ether oxygens (including phenoxy) is 2. The summed E-state index contributed by atoms with van der Waals surface area (Å²) in [6.45, 7) is 11.0. The van der Waals surface area contributed by atoms with Gasteiger partial charge in [0.05, 0.1) is 5.69 Å². The molecule has 0 aliphatic heterocycles. The largest absolute Gasteiger partial charge is 0.442 e. The van der Waals surface area contributed by atoms with Crippen molar-refractivity contribution in [2.45, 2.75) is 52.6 Å². The van der Waals surface area contributed by atoms with Gasteiger partial charge in [0.1, 0.15) is 5.60 Å². The Balaban J connectivity index is 3.10. The van der Waals surface area contributed by atoms with Crippen LogP contribution >= 0.6 is 0 Å². The number of amides is 2. The first kappa shape index (κ1) is 17.7. The van der Waals surface area contributed by atoms with E-state index in [2.05, 4.69) is 10.1 Å². The maximum absolute atomic E-state index is 11.7. The lowest BCUT2D eigenvalue weighted by Crippen LogP contribution is -2.28. The van der Waals surface area contributed by atoms with Gasteiger partial charge in [-0.1, -0.05) is 20.8 Å². The predicted molar refractivity (Wildman–Crippen MR) is 80.7 cm³/mol. The molecule has 2 N–H and O–H groups in total. The van der Waals surface area contributed by atoms with E-state index in [9.17, 15) is 9.59 Å². The summed E-state index contributed by atoms with van der Waals surface area (Å²) in [5.74, 6) is 0. The van der Waals surface area contributed by atoms with Crippen molar-refractivity contribution in [3.63, 3.8) is 0 Å². The Morgan fingerprint density at radius 1 is 1.23 bits per heavy atom. The molecule has 0 aliphatic carbocycles. The van der Waals surface area contributed by atoms with Gasteiger partial charge >= 0.3 is 18.2 Å². The van der Waals surface area contributed by atoms with E-state index in [4.69, 9.17) is 15.2 Å². The highest BCUT2D eigenvalue weighted by Crippen LogP contribution is 2.19. The molecule has 0 radical (unpaired) electrons. The minimum atomic E-state index is -1.10. The number of aromatic nitrogens is 2. The van der Waals surface area contributed by atoms with E-state index in [0.29, 0.717) is 0 Å². The maximum atomic E-state index is 11.7. The van der Waals surface area contributed by atoms with Crippen molar-refractivity contribution in [1.82, 2.24) is 9.78 Å². The van der Waals surface area contributed by atoms with E-state index in [-0.39, 0.29) is 11.4 Å². The van der Waals surface area contributed by atoms with Crippen molar-refractivity contribution >= 4 is 18.2 Å². The average molecular weight is 310 g/mol. The molecule has 0 atom stereocenters. The molecule has 1 aromatic rings. The van der Waals surface area contributed by atoms with Crippen LogP contribution in [0.1, 0.15) is 47.2 Å². The van der Waals surface area contributed by atoms with Crippen LogP contribution in [-0.2, 0) is 14.9 Å². The number of rotatable bonds is 0. The first-order valence-corrected chi connectivity index (χ1v) is 6.74. The van der Waals surface area contributed by atoms with Crippen LogP contribution in [0.4, 0.5) is 9.59 Å². The van der Waals surface area contributed by atoms with Crippen LogP contribution in [0.5, 0.6) is 0 Å². The molecule has 0 saturated carbocycles. The quantitative estimate of drug-likeness (QED) is 0.584. The fourth-order valence-electron chi connectivity index (χ4n) is 1.40. The van der Waals surface area contributed by atoms with Gasteiger partial charge in [0.15, 0.2) is 0 Å². The molecular weight excluding hydrogens is 288 g/mol. The smallest absolute Gasteiger partial charge is 0.438 e. The zero-order valence-corrected chi connectivity index (χ0v) is 13.7. The second-order valence-electron chi connectivity index (χ2n) is 6.69. The molecule has 0 bridgehead atoms. The first-order valence-electron chi connectivity index (χ1n) is 6.74. The standard InChI is InChI=1S/C14H22N4O4/c1-13(2,3)9-7-8-18(17-9)11(21-10(15)19)16-12(20)22-14(4,5)6/h7-8H,1-6H3,(H2,15,19)/b16-11-. The molecule has 0 fully saturated rings. The van der Waals surface area contributed by atoms with Crippen LogP contribution in [0.3, 0.4) is 0 Å². The number of nitrogens with two attached hydrogens (primary N) is 1. The van der Waals surface area contributed by atoms with Crippen molar-refractivity contribution in [2.75, 3.05) is 0 Å². The predicted octanol–water partition coefficient (Wildman–Crippen LogP) is 2.42. The molecule has 122 valence electrons. The van der Waals surface area contributed by atoms with E-state index < -0.39 is 17.8 Å². The fourth-order valence-corrected chi connectivity index (χ4v) is 1.40. The van der Waals surface area contributed by atoms with Gasteiger partial charge in [-0.05, 0) is 26.8 Å². The van der Waals surface area contributed by atoms with E-state index in [0.717, 1.165) is 10.4 Å². The molecule has 2 amide bonds. The molecular formula is C14H22N4O4. The zero-order chi connectivity index (χ0) is 17.1. The highest BCUT2D eigenvalue weighted by Gasteiger charge is 2.21. The summed E-state index contributed by atoms with van der Waals surface area (Å²) in [6.07, 6.45) is -0.487. The Morgan fingerprint density at radius 3 is 2.23 bits per heavy atom. The minimum Gasteiger partial charge on any atom is -0.442 e. The Bertz CT molecular complexity index is 591.